The van der Waals surface area contributed by atoms with Crippen molar-refractivity contribution in [2.45, 2.75) is 13.1 Å². The lowest BCUT2D eigenvalue weighted by Gasteiger charge is -2.09. The maximum Gasteiger partial charge on any atom is 0.435 e. The van der Waals surface area contributed by atoms with Crippen LogP contribution in [-0.2, 0) is 6.18 Å². The highest BCUT2D eigenvalue weighted by molar-refractivity contribution is 6.30. The predicted octanol–water partition coefficient (Wildman–Crippen LogP) is 5.34. The molecule has 0 fully saturated rings. The Kier molecular flexibility index (Phi) is 4.27. The lowest BCUT2D eigenvalue weighted by Crippen LogP contribution is -2.19. The molecule has 0 aliphatic carbocycles. The van der Waals surface area contributed by atoms with Crippen molar-refractivity contribution in [2.75, 3.05) is 0 Å². The number of H-pyrrole nitrogens is 1. The summed E-state index contributed by atoms with van der Waals surface area (Å²) in [4.78, 5) is 16.0. The van der Waals surface area contributed by atoms with Crippen LogP contribution in [0.25, 0.3) is 27.9 Å². The van der Waals surface area contributed by atoms with Gasteiger partial charge in [-0.3, -0.25) is 4.79 Å². The van der Waals surface area contributed by atoms with E-state index in [9.17, 15) is 18.0 Å². The SMILES string of the molecule is Cc1[nH]c2c(-c3ccccc3)c(C(F)(F)F)nn2c(=O)c1-c1cccc(Cl)c1. The van der Waals surface area contributed by atoms with Gasteiger partial charge in [-0.1, -0.05) is 54.1 Å². The third-order valence-electron chi connectivity index (χ3n) is 4.42. The summed E-state index contributed by atoms with van der Waals surface area (Å²) in [5.41, 5.74) is -0.487. The topological polar surface area (TPSA) is 50.2 Å². The summed E-state index contributed by atoms with van der Waals surface area (Å²) in [6, 6.07) is 14.6. The second kappa shape index (κ2) is 6.53. The van der Waals surface area contributed by atoms with Crippen LogP contribution in [0.5, 0.6) is 0 Å². The number of hydrogen-bond acceptors (Lipinski definition) is 2. The highest BCUT2D eigenvalue weighted by atomic mass is 35.5. The molecule has 0 aliphatic rings. The van der Waals surface area contributed by atoms with Gasteiger partial charge >= 0.3 is 6.18 Å². The zero-order chi connectivity index (χ0) is 20.1. The number of fused-ring (bicyclic) bond motifs is 1. The molecule has 0 saturated carbocycles. The Hall–Kier alpha value is -3.06. The summed E-state index contributed by atoms with van der Waals surface area (Å²) in [7, 11) is 0. The van der Waals surface area contributed by atoms with E-state index in [0.29, 0.717) is 21.8 Å². The van der Waals surface area contributed by atoms with E-state index in [1.54, 1.807) is 61.5 Å². The van der Waals surface area contributed by atoms with Gasteiger partial charge in [0, 0.05) is 10.7 Å². The summed E-state index contributed by atoms with van der Waals surface area (Å²) < 4.78 is 41.8. The van der Waals surface area contributed by atoms with Crippen molar-refractivity contribution < 1.29 is 13.2 Å². The monoisotopic (exact) mass is 403 g/mol. The maximum absolute atomic E-state index is 13.7. The first-order chi connectivity index (χ1) is 13.3. The molecule has 0 amide bonds. The zero-order valence-electron chi connectivity index (χ0n) is 14.5. The quantitative estimate of drug-likeness (QED) is 0.491. The van der Waals surface area contributed by atoms with E-state index in [0.717, 1.165) is 4.52 Å². The molecule has 2 aromatic heterocycles. The number of hydrogen-bond donors (Lipinski definition) is 1. The van der Waals surface area contributed by atoms with Crippen molar-refractivity contribution in [1.29, 1.82) is 0 Å². The van der Waals surface area contributed by atoms with Crippen LogP contribution in [0.3, 0.4) is 0 Å². The largest absolute Gasteiger partial charge is 0.435 e. The van der Waals surface area contributed by atoms with Crippen molar-refractivity contribution in [2.24, 2.45) is 0 Å². The number of benzene rings is 2. The molecule has 4 nitrogen and oxygen atoms in total. The van der Waals surface area contributed by atoms with Crippen LogP contribution in [-0.4, -0.2) is 14.6 Å². The van der Waals surface area contributed by atoms with Gasteiger partial charge in [-0.05, 0) is 30.2 Å². The van der Waals surface area contributed by atoms with Crippen LogP contribution in [0, 0.1) is 6.92 Å². The molecular formula is C20H13ClF3N3O. The van der Waals surface area contributed by atoms with Crippen LogP contribution < -0.4 is 5.56 Å². The van der Waals surface area contributed by atoms with Gasteiger partial charge in [-0.25, -0.2) is 0 Å². The fourth-order valence-electron chi connectivity index (χ4n) is 3.25. The molecule has 0 aliphatic heterocycles. The Balaban J connectivity index is 2.10. The lowest BCUT2D eigenvalue weighted by molar-refractivity contribution is -0.140. The molecule has 0 atom stereocenters. The molecule has 0 radical (unpaired) electrons. The van der Waals surface area contributed by atoms with Crippen LogP contribution in [0.15, 0.2) is 59.4 Å². The van der Waals surface area contributed by atoms with Crippen molar-refractivity contribution >= 4 is 17.2 Å². The Morgan fingerprint density at radius 3 is 2.32 bits per heavy atom. The first kappa shape index (κ1) is 18.3. The Morgan fingerprint density at radius 1 is 1.00 bits per heavy atom. The van der Waals surface area contributed by atoms with E-state index < -0.39 is 17.4 Å². The normalized spacial score (nSPS) is 11.9. The van der Waals surface area contributed by atoms with Crippen molar-refractivity contribution in [3.05, 3.63) is 81.4 Å². The van der Waals surface area contributed by atoms with Crippen molar-refractivity contribution in [3.63, 3.8) is 0 Å². The smallest absolute Gasteiger partial charge is 0.343 e. The second-order valence-corrected chi connectivity index (χ2v) is 6.72. The Morgan fingerprint density at radius 2 is 1.68 bits per heavy atom. The summed E-state index contributed by atoms with van der Waals surface area (Å²) >= 11 is 6.00. The van der Waals surface area contributed by atoms with Crippen LogP contribution in [0.1, 0.15) is 11.4 Å². The minimum absolute atomic E-state index is 0.00759. The molecule has 0 spiro atoms. The van der Waals surface area contributed by atoms with Crippen LogP contribution in [0.2, 0.25) is 5.02 Å². The summed E-state index contributed by atoms with van der Waals surface area (Å²) in [5.74, 6) is 0. The summed E-state index contributed by atoms with van der Waals surface area (Å²) in [6.07, 6.45) is -4.72. The molecule has 4 rings (SSSR count). The van der Waals surface area contributed by atoms with Gasteiger partial charge in [0.1, 0.15) is 5.65 Å². The van der Waals surface area contributed by atoms with E-state index in [1.165, 1.54) is 0 Å². The number of rotatable bonds is 2. The number of nitrogens with one attached hydrogen (secondary N) is 1. The van der Waals surface area contributed by atoms with E-state index in [1.807, 2.05) is 0 Å². The van der Waals surface area contributed by atoms with E-state index in [2.05, 4.69) is 10.1 Å². The third-order valence-corrected chi connectivity index (χ3v) is 4.65. The molecule has 0 bridgehead atoms. The van der Waals surface area contributed by atoms with Gasteiger partial charge in [0.25, 0.3) is 5.56 Å². The van der Waals surface area contributed by atoms with E-state index in [-0.39, 0.29) is 16.8 Å². The average molecular weight is 404 g/mol. The fraction of sp³-hybridized carbons (Fsp3) is 0.100. The standard InChI is InChI=1S/C20H13ClF3N3O/c1-11-15(13-8-5-9-14(21)10-13)19(28)27-18(25-11)16(12-6-3-2-4-7-12)17(26-27)20(22,23)24/h2-10,25H,1H3. The molecule has 4 aromatic rings. The van der Waals surface area contributed by atoms with E-state index in [4.69, 9.17) is 11.6 Å². The minimum atomic E-state index is -4.72. The van der Waals surface area contributed by atoms with Crippen LogP contribution >= 0.6 is 11.6 Å². The number of alkyl halides is 3. The number of aromatic amines is 1. The molecule has 142 valence electrons. The summed E-state index contributed by atoms with van der Waals surface area (Å²) in [6.45, 7) is 1.63. The zero-order valence-corrected chi connectivity index (χ0v) is 15.3. The Labute approximate surface area is 162 Å². The van der Waals surface area contributed by atoms with Crippen molar-refractivity contribution in [3.8, 4) is 22.3 Å². The molecule has 0 saturated heterocycles. The van der Waals surface area contributed by atoms with Gasteiger partial charge in [-0.2, -0.15) is 22.8 Å². The molecule has 0 unspecified atom stereocenters. The van der Waals surface area contributed by atoms with Crippen molar-refractivity contribution in [1.82, 2.24) is 14.6 Å². The number of nitrogens with zero attached hydrogens (tertiary/aromatic N) is 2. The van der Waals surface area contributed by atoms with Gasteiger partial charge < -0.3 is 4.98 Å². The molecule has 8 heteroatoms. The van der Waals surface area contributed by atoms with Gasteiger partial charge in [-0.15, -0.1) is 0 Å². The second-order valence-electron chi connectivity index (χ2n) is 6.29. The van der Waals surface area contributed by atoms with Gasteiger partial charge in [0.2, 0.25) is 0 Å². The summed E-state index contributed by atoms with van der Waals surface area (Å²) in [5, 5.41) is 4.04. The number of halogens is 4. The molecule has 2 heterocycles. The predicted molar refractivity (Wildman–Crippen MR) is 101 cm³/mol. The van der Waals surface area contributed by atoms with Crippen LogP contribution in [0.4, 0.5) is 13.2 Å². The molecule has 1 N–H and O–H groups in total. The van der Waals surface area contributed by atoms with E-state index >= 15 is 0 Å². The van der Waals surface area contributed by atoms with Gasteiger partial charge in [0.05, 0.1) is 11.1 Å². The number of aryl methyl sites for hydroxylation is 1. The lowest BCUT2D eigenvalue weighted by atomic mass is 10.0. The Bertz CT molecular complexity index is 1240. The molecule has 28 heavy (non-hydrogen) atoms. The number of aromatic nitrogens is 3. The first-order valence-electron chi connectivity index (χ1n) is 8.31. The maximum atomic E-state index is 13.7. The highest BCUT2D eigenvalue weighted by Gasteiger charge is 2.39. The molecular weight excluding hydrogens is 391 g/mol. The highest BCUT2D eigenvalue weighted by Crippen LogP contribution is 2.38. The average Bonchev–Trinajstić information content (AvgIpc) is 3.02. The molecule has 2 aromatic carbocycles. The third kappa shape index (κ3) is 2.97. The fourth-order valence-corrected chi connectivity index (χ4v) is 3.44. The van der Waals surface area contributed by atoms with Gasteiger partial charge in [0.15, 0.2) is 5.69 Å². The first-order valence-corrected chi connectivity index (χ1v) is 8.69. The minimum Gasteiger partial charge on any atom is -0.343 e.